The third-order valence-corrected chi connectivity index (χ3v) is 3.68. The van der Waals surface area contributed by atoms with Crippen molar-refractivity contribution in [2.24, 2.45) is 17.2 Å². The molecule has 0 bridgehead atoms. The molecule has 0 amide bonds. The third kappa shape index (κ3) is 15.7. The van der Waals surface area contributed by atoms with Crippen molar-refractivity contribution >= 4 is 5.69 Å². The van der Waals surface area contributed by atoms with Crippen LogP contribution in [-0.4, -0.2) is 66.3 Å². The minimum atomic E-state index is 0.622. The molecule has 0 saturated carbocycles. The molecule has 0 fully saturated rings. The van der Waals surface area contributed by atoms with E-state index < -0.39 is 0 Å². The summed E-state index contributed by atoms with van der Waals surface area (Å²) >= 11 is 0. The van der Waals surface area contributed by atoms with Gasteiger partial charge in [0.15, 0.2) is 0 Å². The maximum Gasteiger partial charge on any atom is 0.119 e. The number of nitrogens with two attached hydrogens (primary N) is 3. The highest BCUT2D eigenvalue weighted by molar-refractivity contribution is 5.45. The Bertz CT molecular complexity index is 567. The summed E-state index contributed by atoms with van der Waals surface area (Å²) in [6.45, 7) is 8.30. The molecule has 0 saturated heterocycles. The van der Waals surface area contributed by atoms with Crippen molar-refractivity contribution in [3.63, 3.8) is 0 Å². The highest BCUT2D eigenvalue weighted by Crippen LogP contribution is 2.13. The van der Waals surface area contributed by atoms with Gasteiger partial charge in [0.1, 0.15) is 12.4 Å². The number of methoxy groups -OCH3 is 1. The molecule has 6 N–H and O–H groups in total. The van der Waals surface area contributed by atoms with E-state index in [0.29, 0.717) is 39.5 Å². The summed E-state index contributed by atoms with van der Waals surface area (Å²) in [6, 6.07) is 20.2. The molecule has 170 valence electrons. The lowest BCUT2D eigenvalue weighted by Gasteiger charge is -2.24. The summed E-state index contributed by atoms with van der Waals surface area (Å²) in [5.74, 6) is 0.906. The molecular weight excluding hydrogens is 380 g/mol. The summed E-state index contributed by atoms with van der Waals surface area (Å²) in [6.07, 6.45) is 0. The monoisotopic (exact) mass is 420 g/mol. The summed E-state index contributed by atoms with van der Waals surface area (Å²) in [5.41, 5.74) is 17.0. The van der Waals surface area contributed by atoms with E-state index in [1.165, 1.54) is 5.69 Å². The molecule has 0 radical (unpaired) electrons. The van der Waals surface area contributed by atoms with Crippen LogP contribution in [0.2, 0.25) is 0 Å². The van der Waals surface area contributed by atoms with Crippen LogP contribution in [0.25, 0.3) is 0 Å². The standard InChI is InChI=1S/C16H20N2O.C4H11NO.C3H9NO/c17-11-12-18(15-7-3-1-4-8-15)13-14-19-16-9-5-2-6-10-16;1-2-6-4-3-5;1-5-3-2-4/h1-10H,11-14,17H2;2-5H2,1H3;2-4H2,1H3. The molecule has 7 heteroatoms. The Morgan fingerprint density at radius 2 is 1.33 bits per heavy atom. The Morgan fingerprint density at radius 3 is 1.77 bits per heavy atom. The van der Waals surface area contributed by atoms with Gasteiger partial charge in [-0.1, -0.05) is 36.4 Å². The molecule has 0 heterocycles. The zero-order chi connectivity index (χ0) is 22.3. The second-order valence-corrected chi connectivity index (χ2v) is 6.04. The first-order valence-corrected chi connectivity index (χ1v) is 10.4. The van der Waals surface area contributed by atoms with Crippen molar-refractivity contribution in [3.8, 4) is 5.75 Å². The number of rotatable bonds is 12. The van der Waals surface area contributed by atoms with Gasteiger partial charge in [0.05, 0.1) is 19.8 Å². The Kier molecular flexibility index (Phi) is 20.0. The molecule has 0 aliphatic rings. The van der Waals surface area contributed by atoms with Gasteiger partial charge < -0.3 is 36.3 Å². The molecule has 2 aromatic carbocycles. The molecule has 2 aromatic rings. The topological polar surface area (TPSA) is 109 Å². The highest BCUT2D eigenvalue weighted by atomic mass is 16.5. The van der Waals surface area contributed by atoms with Gasteiger partial charge in [-0.2, -0.15) is 0 Å². The zero-order valence-corrected chi connectivity index (χ0v) is 18.5. The van der Waals surface area contributed by atoms with Gasteiger partial charge in [0.25, 0.3) is 0 Å². The zero-order valence-electron chi connectivity index (χ0n) is 18.5. The molecule has 0 aliphatic heterocycles. The average Bonchev–Trinajstić information content (AvgIpc) is 2.80. The van der Waals surface area contributed by atoms with Crippen molar-refractivity contribution in [3.05, 3.63) is 60.7 Å². The van der Waals surface area contributed by atoms with Crippen molar-refractivity contribution in [2.45, 2.75) is 6.92 Å². The van der Waals surface area contributed by atoms with Gasteiger partial charge in [-0.3, -0.25) is 0 Å². The predicted octanol–water partition coefficient (Wildman–Crippen LogP) is 2.10. The minimum absolute atomic E-state index is 0.622. The first kappa shape index (κ1) is 27.8. The van der Waals surface area contributed by atoms with Crippen LogP contribution in [0.3, 0.4) is 0 Å². The Morgan fingerprint density at radius 1 is 0.733 bits per heavy atom. The van der Waals surface area contributed by atoms with Gasteiger partial charge in [0.2, 0.25) is 0 Å². The first-order chi connectivity index (χ1) is 14.7. The summed E-state index contributed by atoms with van der Waals surface area (Å²) in [7, 11) is 1.63. The fourth-order valence-corrected chi connectivity index (χ4v) is 2.30. The lowest BCUT2D eigenvalue weighted by Crippen LogP contribution is -2.33. The quantitative estimate of drug-likeness (QED) is 0.451. The maximum absolute atomic E-state index is 5.72. The fourth-order valence-electron chi connectivity index (χ4n) is 2.30. The minimum Gasteiger partial charge on any atom is -0.492 e. The molecule has 0 aromatic heterocycles. The van der Waals surface area contributed by atoms with Gasteiger partial charge in [-0.05, 0) is 31.2 Å². The Hall–Kier alpha value is -2.16. The Labute approximate surface area is 182 Å². The molecular formula is C23H40N4O3. The molecule has 0 spiro atoms. The van der Waals surface area contributed by atoms with Crippen LogP contribution >= 0.6 is 0 Å². The van der Waals surface area contributed by atoms with Crippen LogP contribution in [0.1, 0.15) is 6.92 Å². The lowest BCUT2D eigenvalue weighted by atomic mass is 10.3. The van der Waals surface area contributed by atoms with E-state index in [-0.39, 0.29) is 0 Å². The van der Waals surface area contributed by atoms with Crippen LogP contribution < -0.4 is 26.8 Å². The second kappa shape index (κ2) is 21.5. The van der Waals surface area contributed by atoms with Gasteiger partial charge >= 0.3 is 0 Å². The summed E-state index contributed by atoms with van der Waals surface area (Å²) in [4.78, 5) is 2.24. The number of anilines is 1. The first-order valence-electron chi connectivity index (χ1n) is 10.4. The van der Waals surface area contributed by atoms with Gasteiger partial charge in [-0.25, -0.2) is 0 Å². The largest absolute Gasteiger partial charge is 0.492 e. The molecule has 0 atom stereocenters. The van der Waals surface area contributed by atoms with Crippen molar-refractivity contribution in [1.82, 2.24) is 0 Å². The average molecular weight is 421 g/mol. The van der Waals surface area contributed by atoms with Gasteiger partial charge in [0, 0.05) is 45.6 Å². The maximum atomic E-state index is 5.72. The third-order valence-electron chi connectivity index (χ3n) is 3.68. The van der Waals surface area contributed by atoms with Crippen molar-refractivity contribution in [2.75, 3.05) is 71.2 Å². The highest BCUT2D eigenvalue weighted by Gasteiger charge is 2.04. The van der Waals surface area contributed by atoms with E-state index in [1.54, 1.807) is 7.11 Å². The molecule has 30 heavy (non-hydrogen) atoms. The van der Waals surface area contributed by atoms with E-state index >= 15 is 0 Å². The summed E-state index contributed by atoms with van der Waals surface area (Å²) in [5, 5.41) is 0. The number of ether oxygens (including phenoxy) is 3. The molecule has 7 nitrogen and oxygen atoms in total. The smallest absolute Gasteiger partial charge is 0.119 e. The number of nitrogens with zero attached hydrogens (tertiary/aromatic N) is 1. The normalized spacial score (nSPS) is 9.63. The SMILES string of the molecule is CCOCCN.COCCN.NCCN(CCOc1ccccc1)c1ccccc1. The number of benzene rings is 2. The number of para-hydroxylation sites is 2. The van der Waals surface area contributed by atoms with E-state index in [2.05, 4.69) is 21.8 Å². The fraction of sp³-hybridized carbons (Fsp3) is 0.478. The van der Waals surface area contributed by atoms with Crippen LogP contribution in [-0.2, 0) is 9.47 Å². The summed E-state index contributed by atoms with van der Waals surface area (Å²) < 4.78 is 15.1. The molecule has 2 rings (SSSR count). The van der Waals surface area contributed by atoms with Crippen LogP contribution in [0.5, 0.6) is 5.75 Å². The number of hydrogen-bond donors (Lipinski definition) is 3. The second-order valence-electron chi connectivity index (χ2n) is 6.04. The van der Waals surface area contributed by atoms with Crippen LogP contribution in [0.15, 0.2) is 60.7 Å². The van der Waals surface area contributed by atoms with Crippen molar-refractivity contribution < 1.29 is 14.2 Å². The van der Waals surface area contributed by atoms with E-state index in [9.17, 15) is 0 Å². The van der Waals surface area contributed by atoms with E-state index in [4.69, 9.17) is 26.7 Å². The Balaban J connectivity index is 0.000000634. The van der Waals surface area contributed by atoms with Crippen molar-refractivity contribution in [1.29, 1.82) is 0 Å². The molecule has 0 unspecified atom stereocenters. The molecule has 0 aliphatic carbocycles. The van der Waals surface area contributed by atoms with E-state index in [0.717, 1.165) is 25.4 Å². The van der Waals surface area contributed by atoms with Crippen LogP contribution in [0.4, 0.5) is 5.69 Å². The van der Waals surface area contributed by atoms with E-state index in [1.807, 2.05) is 55.5 Å². The van der Waals surface area contributed by atoms with Gasteiger partial charge in [-0.15, -0.1) is 0 Å². The number of hydrogen-bond acceptors (Lipinski definition) is 7. The van der Waals surface area contributed by atoms with Crippen LogP contribution in [0, 0.1) is 0 Å². The lowest BCUT2D eigenvalue weighted by molar-refractivity contribution is 0.155. The predicted molar refractivity (Wildman–Crippen MR) is 126 cm³/mol.